The van der Waals surface area contributed by atoms with E-state index >= 15 is 0 Å². The molecule has 1 saturated heterocycles. The first-order chi connectivity index (χ1) is 23.2. The van der Waals surface area contributed by atoms with E-state index in [1.807, 2.05) is 6.92 Å². The first-order valence-electron chi connectivity index (χ1n) is 15.6. The molecule has 1 aliphatic rings. The Labute approximate surface area is 278 Å². The van der Waals surface area contributed by atoms with Crippen LogP contribution in [0.2, 0.25) is 0 Å². The predicted molar refractivity (Wildman–Crippen MR) is 178 cm³/mol. The number of para-hydroxylation sites is 2. The zero-order chi connectivity index (χ0) is 34.1. The standard InChI is InChI=1S/C34H39N7O7/c1-23-27(39-33(44)46-19-15-40-13-17-45-18-14-40)22-41-31(23)30(24(20-35)21-37-41)38-25-8-10-26(11-9-25)47-28-6-4-5-7-29(28)48-34(2,3)32(43)36-12-16-42/h4-11,21-22,38,42H,12-19H2,1-3H3,(H,36,43)(H,39,44). The van der Waals surface area contributed by atoms with Crippen molar-refractivity contribution in [3.05, 3.63) is 72.1 Å². The van der Waals surface area contributed by atoms with Crippen LogP contribution < -0.4 is 25.4 Å². The second kappa shape index (κ2) is 15.5. The number of morpholine rings is 1. The SMILES string of the molecule is Cc1c(NC(=O)OCCN2CCOCC2)cn2ncc(C#N)c(Nc3ccc(Oc4ccccc4OC(C)(C)C(=O)NCCO)cc3)c12. The molecule has 2 aromatic carbocycles. The third kappa shape index (κ3) is 8.31. The number of amides is 2. The number of nitriles is 1. The lowest BCUT2D eigenvalue weighted by molar-refractivity contribution is -0.134. The molecule has 48 heavy (non-hydrogen) atoms. The second-order valence-corrected chi connectivity index (χ2v) is 11.5. The van der Waals surface area contributed by atoms with Crippen molar-refractivity contribution < 1.29 is 33.6 Å². The highest BCUT2D eigenvalue weighted by molar-refractivity contribution is 5.93. The molecule has 14 heteroatoms. The van der Waals surface area contributed by atoms with Gasteiger partial charge in [-0.3, -0.25) is 15.0 Å². The maximum Gasteiger partial charge on any atom is 0.411 e. The van der Waals surface area contributed by atoms with Crippen LogP contribution in [0.4, 0.5) is 21.9 Å². The Bertz CT molecular complexity index is 1780. The summed E-state index contributed by atoms with van der Waals surface area (Å²) in [7, 11) is 0. The number of benzene rings is 2. The topological polar surface area (TPSA) is 172 Å². The van der Waals surface area contributed by atoms with Crippen molar-refractivity contribution in [2.45, 2.75) is 26.4 Å². The molecule has 0 unspecified atom stereocenters. The molecule has 4 aromatic rings. The van der Waals surface area contributed by atoms with Crippen LogP contribution in [0.3, 0.4) is 0 Å². The number of rotatable bonds is 13. The lowest BCUT2D eigenvalue weighted by Gasteiger charge is -2.26. The van der Waals surface area contributed by atoms with Crippen LogP contribution in [0.15, 0.2) is 60.9 Å². The predicted octanol–water partition coefficient (Wildman–Crippen LogP) is 4.20. The third-order valence-corrected chi connectivity index (χ3v) is 7.67. The second-order valence-electron chi connectivity index (χ2n) is 11.5. The number of carbonyl (C=O) groups excluding carboxylic acids is 2. The number of ether oxygens (including phenoxy) is 4. The van der Waals surface area contributed by atoms with E-state index in [1.54, 1.807) is 73.1 Å². The molecule has 5 rings (SSSR count). The monoisotopic (exact) mass is 657 g/mol. The number of aromatic nitrogens is 2. The lowest BCUT2D eigenvalue weighted by Crippen LogP contribution is -2.47. The molecule has 0 bridgehead atoms. The molecule has 0 atom stereocenters. The lowest BCUT2D eigenvalue weighted by atomic mass is 10.1. The van der Waals surface area contributed by atoms with Gasteiger partial charge in [-0.25, -0.2) is 9.31 Å². The molecule has 252 valence electrons. The molecular weight excluding hydrogens is 618 g/mol. The number of aryl methyl sites for hydroxylation is 1. The summed E-state index contributed by atoms with van der Waals surface area (Å²) < 4.78 is 24.5. The van der Waals surface area contributed by atoms with Crippen molar-refractivity contribution in [3.8, 4) is 23.3 Å². The Balaban J connectivity index is 1.27. The molecule has 4 N–H and O–H groups in total. The van der Waals surface area contributed by atoms with Gasteiger partial charge in [0, 0.05) is 37.4 Å². The van der Waals surface area contributed by atoms with Crippen LogP contribution in [-0.4, -0.2) is 89.8 Å². The molecule has 2 aromatic heterocycles. The minimum Gasteiger partial charge on any atom is -0.474 e. The zero-order valence-electron chi connectivity index (χ0n) is 27.1. The Morgan fingerprint density at radius 1 is 1.10 bits per heavy atom. The van der Waals surface area contributed by atoms with Crippen molar-refractivity contribution in [1.82, 2.24) is 19.8 Å². The number of nitrogens with zero attached hydrogens (tertiary/aromatic N) is 4. The largest absolute Gasteiger partial charge is 0.474 e. The van der Waals surface area contributed by atoms with Crippen LogP contribution in [-0.2, 0) is 14.3 Å². The maximum absolute atomic E-state index is 12.6. The van der Waals surface area contributed by atoms with Crippen molar-refractivity contribution in [2.75, 3.05) is 63.2 Å². The highest BCUT2D eigenvalue weighted by Gasteiger charge is 2.30. The summed E-state index contributed by atoms with van der Waals surface area (Å²) in [5.41, 5.74) is 2.14. The minimum atomic E-state index is -1.22. The van der Waals surface area contributed by atoms with Gasteiger partial charge in [-0.1, -0.05) is 12.1 Å². The van der Waals surface area contributed by atoms with E-state index in [9.17, 15) is 14.9 Å². The van der Waals surface area contributed by atoms with Crippen molar-refractivity contribution >= 4 is 34.6 Å². The zero-order valence-corrected chi connectivity index (χ0v) is 27.1. The van der Waals surface area contributed by atoms with E-state index < -0.39 is 11.7 Å². The molecule has 1 aliphatic heterocycles. The summed E-state index contributed by atoms with van der Waals surface area (Å²) >= 11 is 0. The molecule has 2 amide bonds. The molecule has 0 aliphatic carbocycles. The average Bonchev–Trinajstić information content (AvgIpc) is 3.40. The van der Waals surface area contributed by atoms with Crippen LogP contribution in [0.5, 0.6) is 17.2 Å². The molecular formula is C34H39N7O7. The van der Waals surface area contributed by atoms with Gasteiger partial charge in [0.15, 0.2) is 17.1 Å². The summed E-state index contributed by atoms with van der Waals surface area (Å²) in [6, 6.07) is 16.3. The summed E-state index contributed by atoms with van der Waals surface area (Å²) in [5.74, 6) is 0.921. The van der Waals surface area contributed by atoms with Gasteiger partial charge in [0.1, 0.15) is 18.4 Å². The van der Waals surface area contributed by atoms with Crippen LogP contribution in [0.25, 0.3) is 5.52 Å². The highest BCUT2D eigenvalue weighted by atomic mass is 16.6. The number of aliphatic hydroxyl groups excluding tert-OH is 1. The summed E-state index contributed by atoms with van der Waals surface area (Å²) in [6.07, 6.45) is 2.56. The first kappa shape index (κ1) is 34.0. The fourth-order valence-corrected chi connectivity index (χ4v) is 5.06. The number of carbonyl (C=O) groups is 2. The van der Waals surface area contributed by atoms with Gasteiger partial charge < -0.3 is 34.7 Å². The third-order valence-electron chi connectivity index (χ3n) is 7.67. The Morgan fingerprint density at radius 3 is 2.54 bits per heavy atom. The Hall–Kier alpha value is -5.36. The number of hydrogen-bond donors (Lipinski definition) is 4. The number of nitrogens with one attached hydrogen (secondary N) is 3. The summed E-state index contributed by atoms with van der Waals surface area (Å²) in [6.45, 7) is 8.89. The van der Waals surface area contributed by atoms with E-state index in [0.29, 0.717) is 70.7 Å². The number of fused-ring (bicyclic) bond motifs is 1. The molecule has 0 saturated carbocycles. The van der Waals surface area contributed by atoms with E-state index in [4.69, 9.17) is 24.1 Å². The highest BCUT2D eigenvalue weighted by Crippen LogP contribution is 2.36. The van der Waals surface area contributed by atoms with Gasteiger partial charge in [-0.05, 0) is 57.2 Å². The fraction of sp³-hybridized carbons (Fsp3) is 0.353. The molecule has 14 nitrogen and oxygen atoms in total. The van der Waals surface area contributed by atoms with Crippen LogP contribution in [0.1, 0.15) is 25.0 Å². The van der Waals surface area contributed by atoms with Crippen molar-refractivity contribution in [2.24, 2.45) is 0 Å². The summed E-state index contributed by atoms with van der Waals surface area (Å²) in [4.78, 5) is 27.3. The molecule has 0 radical (unpaired) electrons. The first-order valence-corrected chi connectivity index (χ1v) is 15.6. The number of aliphatic hydroxyl groups is 1. The number of hydrogen-bond acceptors (Lipinski definition) is 11. The van der Waals surface area contributed by atoms with Gasteiger partial charge in [-0.2, -0.15) is 10.4 Å². The van der Waals surface area contributed by atoms with Crippen LogP contribution in [0, 0.1) is 18.3 Å². The average molecular weight is 658 g/mol. The summed E-state index contributed by atoms with van der Waals surface area (Å²) in [5, 5.41) is 32.0. The molecule has 3 heterocycles. The van der Waals surface area contributed by atoms with E-state index in [1.165, 1.54) is 6.20 Å². The van der Waals surface area contributed by atoms with Crippen molar-refractivity contribution in [1.29, 1.82) is 5.26 Å². The minimum absolute atomic E-state index is 0.123. The van der Waals surface area contributed by atoms with E-state index in [2.05, 4.69) is 32.0 Å². The van der Waals surface area contributed by atoms with Gasteiger partial charge in [0.2, 0.25) is 0 Å². The van der Waals surface area contributed by atoms with Crippen molar-refractivity contribution in [3.63, 3.8) is 0 Å². The van der Waals surface area contributed by atoms with Gasteiger partial charge in [0.05, 0.1) is 54.7 Å². The van der Waals surface area contributed by atoms with Gasteiger partial charge in [-0.15, -0.1) is 0 Å². The quantitative estimate of drug-likeness (QED) is 0.162. The number of anilines is 3. The molecule has 1 fully saturated rings. The Morgan fingerprint density at radius 2 is 1.83 bits per heavy atom. The Kier molecular flexibility index (Phi) is 11.0. The smallest absolute Gasteiger partial charge is 0.411 e. The van der Waals surface area contributed by atoms with Crippen LogP contribution >= 0.6 is 0 Å². The van der Waals surface area contributed by atoms with Gasteiger partial charge >= 0.3 is 6.09 Å². The maximum atomic E-state index is 12.6. The normalized spacial score (nSPS) is 13.4. The van der Waals surface area contributed by atoms with Gasteiger partial charge in [0.25, 0.3) is 5.91 Å². The van der Waals surface area contributed by atoms with E-state index in [-0.39, 0.29) is 25.7 Å². The van der Waals surface area contributed by atoms with E-state index in [0.717, 1.165) is 13.1 Å². The fourth-order valence-electron chi connectivity index (χ4n) is 5.06. The molecule has 0 spiro atoms.